The third kappa shape index (κ3) is 3.52. The van der Waals surface area contributed by atoms with E-state index in [4.69, 9.17) is 9.84 Å². The Morgan fingerprint density at radius 2 is 2.37 bits per heavy atom. The van der Waals surface area contributed by atoms with Gasteiger partial charge in [-0.3, -0.25) is 0 Å². The van der Waals surface area contributed by atoms with Gasteiger partial charge in [0.2, 0.25) is 0 Å². The summed E-state index contributed by atoms with van der Waals surface area (Å²) in [7, 11) is 0. The summed E-state index contributed by atoms with van der Waals surface area (Å²) in [5.41, 5.74) is 0.338. The van der Waals surface area contributed by atoms with Crippen molar-refractivity contribution in [3.63, 3.8) is 0 Å². The van der Waals surface area contributed by atoms with Crippen LogP contribution in [0.25, 0.3) is 0 Å². The molecule has 0 bridgehead atoms. The Kier molecular flexibility index (Phi) is 4.17. The number of aromatic carboxylic acids is 1. The smallest absolute Gasteiger partial charge is 0.338 e. The maximum atomic E-state index is 13.5. The van der Waals surface area contributed by atoms with E-state index in [0.29, 0.717) is 13.2 Å². The minimum atomic E-state index is -1.25. The van der Waals surface area contributed by atoms with Crippen LogP contribution in [0, 0.1) is 5.82 Å². The van der Waals surface area contributed by atoms with E-state index >= 15 is 0 Å². The van der Waals surface area contributed by atoms with Gasteiger partial charge < -0.3 is 15.2 Å². The number of rotatable bonds is 4. The number of ether oxygens (including phenoxy) is 1. The molecule has 1 aromatic carbocycles. The normalized spacial score (nSPS) is 23.3. The minimum Gasteiger partial charge on any atom is -0.478 e. The Morgan fingerprint density at radius 1 is 1.58 bits per heavy atom. The highest BCUT2D eigenvalue weighted by molar-refractivity contribution is 5.87. The lowest BCUT2D eigenvalue weighted by Gasteiger charge is -2.34. The molecule has 5 heteroatoms. The Balaban J connectivity index is 2.00. The van der Waals surface area contributed by atoms with Crippen molar-refractivity contribution in [2.45, 2.75) is 31.8 Å². The molecule has 0 spiro atoms. The Hall–Kier alpha value is -1.46. The van der Waals surface area contributed by atoms with Gasteiger partial charge in [-0.2, -0.15) is 0 Å². The van der Waals surface area contributed by atoms with Gasteiger partial charge in [0.1, 0.15) is 5.82 Å². The van der Waals surface area contributed by atoms with Gasteiger partial charge in [0.15, 0.2) is 0 Å². The molecule has 1 unspecified atom stereocenters. The number of nitrogens with one attached hydrogen (secondary N) is 1. The van der Waals surface area contributed by atoms with E-state index in [9.17, 15) is 9.18 Å². The molecule has 2 N–H and O–H groups in total. The van der Waals surface area contributed by atoms with Crippen molar-refractivity contribution in [3.05, 3.63) is 35.1 Å². The number of halogens is 1. The van der Waals surface area contributed by atoms with Crippen molar-refractivity contribution < 1.29 is 19.0 Å². The van der Waals surface area contributed by atoms with Crippen molar-refractivity contribution in [2.75, 3.05) is 13.2 Å². The second-order valence-electron chi connectivity index (χ2n) is 5.19. The molecule has 1 aromatic rings. The second kappa shape index (κ2) is 5.67. The van der Waals surface area contributed by atoms with E-state index in [1.807, 2.05) is 0 Å². The van der Waals surface area contributed by atoms with Gasteiger partial charge in [0.25, 0.3) is 0 Å². The molecule has 0 amide bonds. The zero-order valence-corrected chi connectivity index (χ0v) is 10.9. The Bertz CT molecular complexity index is 470. The summed E-state index contributed by atoms with van der Waals surface area (Å²) in [4.78, 5) is 10.7. The van der Waals surface area contributed by atoms with Crippen LogP contribution in [0.5, 0.6) is 0 Å². The summed E-state index contributed by atoms with van der Waals surface area (Å²) in [6.45, 7) is 4.01. The molecule has 1 aliphatic rings. The summed E-state index contributed by atoms with van der Waals surface area (Å²) in [5.74, 6) is -1.94. The predicted molar refractivity (Wildman–Crippen MR) is 68.7 cm³/mol. The average molecular weight is 267 g/mol. The molecule has 0 aromatic heterocycles. The fraction of sp³-hybridized carbons (Fsp3) is 0.500. The molecular weight excluding hydrogens is 249 g/mol. The summed E-state index contributed by atoms with van der Waals surface area (Å²) in [6, 6.07) is 4.20. The van der Waals surface area contributed by atoms with Crippen LogP contribution in [0.3, 0.4) is 0 Å². The van der Waals surface area contributed by atoms with Gasteiger partial charge in [-0.15, -0.1) is 0 Å². The van der Waals surface area contributed by atoms with E-state index < -0.39 is 11.8 Å². The lowest BCUT2D eigenvalue weighted by Crippen LogP contribution is -2.48. The Labute approximate surface area is 111 Å². The fourth-order valence-electron chi connectivity index (χ4n) is 2.23. The molecule has 104 valence electrons. The van der Waals surface area contributed by atoms with E-state index in [0.717, 1.165) is 25.0 Å². The maximum absolute atomic E-state index is 13.5. The predicted octanol–water partition coefficient (Wildman–Crippen LogP) is 2.18. The molecule has 19 heavy (non-hydrogen) atoms. The number of hydrogen-bond donors (Lipinski definition) is 2. The van der Waals surface area contributed by atoms with Crippen LogP contribution < -0.4 is 5.32 Å². The van der Waals surface area contributed by atoms with Crippen LogP contribution in [0.2, 0.25) is 0 Å². The van der Waals surface area contributed by atoms with Gasteiger partial charge in [-0.05, 0) is 37.5 Å². The molecule has 1 atom stereocenters. The van der Waals surface area contributed by atoms with Crippen LogP contribution in [0.15, 0.2) is 18.2 Å². The topological polar surface area (TPSA) is 58.6 Å². The highest BCUT2D eigenvalue weighted by Gasteiger charge is 2.26. The van der Waals surface area contributed by atoms with E-state index in [-0.39, 0.29) is 11.1 Å². The lowest BCUT2D eigenvalue weighted by molar-refractivity contribution is 0.0278. The first-order chi connectivity index (χ1) is 9.00. The van der Waals surface area contributed by atoms with Crippen molar-refractivity contribution >= 4 is 5.97 Å². The zero-order valence-electron chi connectivity index (χ0n) is 10.9. The van der Waals surface area contributed by atoms with E-state index in [1.54, 1.807) is 6.07 Å². The van der Waals surface area contributed by atoms with Gasteiger partial charge in [0.05, 0.1) is 12.2 Å². The number of carbonyl (C=O) groups is 1. The van der Waals surface area contributed by atoms with Crippen LogP contribution >= 0.6 is 0 Å². The fourth-order valence-corrected chi connectivity index (χ4v) is 2.23. The third-order valence-electron chi connectivity index (χ3n) is 3.42. The maximum Gasteiger partial charge on any atom is 0.338 e. The first kappa shape index (κ1) is 14.0. The highest BCUT2D eigenvalue weighted by Crippen LogP contribution is 2.19. The number of carboxylic acid groups (broad SMARTS) is 1. The molecule has 4 nitrogen and oxygen atoms in total. The molecule has 0 radical (unpaired) electrons. The molecule has 1 aliphatic heterocycles. The van der Waals surface area contributed by atoms with Gasteiger partial charge in [0, 0.05) is 18.7 Å². The van der Waals surface area contributed by atoms with Crippen molar-refractivity contribution in [3.8, 4) is 0 Å². The third-order valence-corrected chi connectivity index (χ3v) is 3.42. The number of hydrogen-bond acceptors (Lipinski definition) is 3. The van der Waals surface area contributed by atoms with Crippen LogP contribution in [0.4, 0.5) is 4.39 Å². The van der Waals surface area contributed by atoms with Crippen molar-refractivity contribution in [1.82, 2.24) is 5.32 Å². The first-order valence-electron chi connectivity index (χ1n) is 6.35. The zero-order chi connectivity index (χ0) is 13.9. The molecule has 1 saturated heterocycles. The highest BCUT2D eigenvalue weighted by atomic mass is 19.1. The number of benzene rings is 1. The van der Waals surface area contributed by atoms with Crippen molar-refractivity contribution in [1.29, 1.82) is 0 Å². The molecule has 0 saturated carbocycles. The summed E-state index contributed by atoms with van der Waals surface area (Å²) in [6.07, 6.45) is 2.03. The SMILES string of the molecule is CC1(NCc2ccc(C(=O)O)c(F)c2)CCCOC1. The largest absolute Gasteiger partial charge is 0.478 e. The van der Waals surface area contributed by atoms with Crippen molar-refractivity contribution in [2.24, 2.45) is 0 Å². The summed E-state index contributed by atoms with van der Waals surface area (Å²) in [5, 5.41) is 12.1. The number of carboxylic acids is 1. The molecule has 0 aliphatic carbocycles. The summed E-state index contributed by atoms with van der Waals surface area (Å²) >= 11 is 0. The minimum absolute atomic E-state index is 0.0970. The monoisotopic (exact) mass is 267 g/mol. The van der Waals surface area contributed by atoms with E-state index in [1.165, 1.54) is 12.1 Å². The van der Waals surface area contributed by atoms with Crippen LogP contribution in [-0.4, -0.2) is 29.8 Å². The van der Waals surface area contributed by atoms with Crippen LogP contribution in [0.1, 0.15) is 35.7 Å². The van der Waals surface area contributed by atoms with Gasteiger partial charge >= 0.3 is 5.97 Å². The Morgan fingerprint density at radius 3 is 2.95 bits per heavy atom. The van der Waals surface area contributed by atoms with Crippen LogP contribution in [-0.2, 0) is 11.3 Å². The van der Waals surface area contributed by atoms with Gasteiger partial charge in [-0.1, -0.05) is 6.07 Å². The second-order valence-corrected chi connectivity index (χ2v) is 5.19. The first-order valence-corrected chi connectivity index (χ1v) is 6.35. The average Bonchev–Trinajstić information content (AvgIpc) is 2.37. The summed E-state index contributed by atoms with van der Waals surface area (Å²) < 4.78 is 19.0. The lowest BCUT2D eigenvalue weighted by atomic mass is 9.94. The molecule has 2 rings (SSSR count). The standard InChI is InChI=1S/C14H18FNO3/c1-14(5-2-6-19-9-14)16-8-10-3-4-11(13(17)18)12(15)7-10/h3-4,7,16H,2,5-6,8-9H2,1H3,(H,17,18). The van der Waals surface area contributed by atoms with Gasteiger partial charge in [-0.25, -0.2) is 9.18 Å². The van der Waals surface area contributed by atoms with E-state index in [2.05, 4.69) is 12.2 Å². The molecule has 1 fully saturated rings. The molecule has 1 heterocycles. The quantitative estimate of drug-likeness (QED) is 0.878. The molecular formula is C14H18FNO3.